The van der Waals surface area contributed by atoms with Gasteiger partial charge in [-0.15, -0.1) is 0 Å². The second kappa shape index (κ2) is 7.89. The van der Waals surface area contributed by atoms with E-state index in [4.69, 9.17) is 21.1 Å². The number of amides is 2. The average molecular weight is 443 g/mol. The molecule has 0 saturated carbocycles. The van der Waals surface area contributed by atoms with E-state index in [1.165, 1.54) is 23.4 Å². The molecule has 8 heteroatoms. The van der Waals surface area contributed by atoms with Crippen LogP contribution in [0.2, 0.25) is 5.02 Å². The highest BCUT2D eigenvalue weighted by Gasteiger charge is 2.35. The first-order valence-corrected chi connectivity index (χ1v) is 11.0. The van der Waals surface area contributed by atoms with Crippen LogP contribution < -0.4 is 14.4 Å². The molecular weight excluding hydrogens is 424 g/mol. The third-order valence-electron chi connectivity index (χ3n) is 5.41. The zero-order valence-electron chi connectivity index (χ0n) is 16.1. The minimum Gasteiger partial charge on any atom is -0.454 e. The third-order valence-corrected chi connectivity index (χ3v) is 6.66. The van der Waals surface area contributed by atoms with Gasteiger partial charge in [0.25, 0.3) is 11.1 Å². The normalized spacial score (nSPS) is 19.4. The first-order chi connectivity index (χ1) is 14.6. The summed E-state index contributed by atoms with van der Waals surface area (Å²) in [6.07, 6.45) is 4.21. The van der Waals surface area contributed by atoms with Crippen molar-refractivity contribution in [1.29, 1.82) is 0 Å². The minimum atomic E-state index is -0.317. The molecule has 2 aromatic carbocycles. The Hall–Kier alpha value is -2.64. The molecule has 0 bridgehead atoms. The molecule has 154 valence electrons. The van der Waals surface area contributed by atoms with E-state index in [9.17, 15) is 9.59 Å². The molecule has 0 spiro atoms. The maximum Gasteiger partial charge on any atom is 0.293 e. The molecule has 5 rings (SSSR count). The molecule has 0 unspecified atom stereocenters. The second-order valence-electron chi connectivity index (χ2n) is 7.35. The van der Waals surface area contributed by atoms with Crippen molar-refractivity contribution in [3.63, 3.8) is 0 Å². The van der Waals surface area contributed by atoms with Gasteiger partial charge in [0, 0.05) is 29.9 Å². The smallest absolute Gasteiger partial charge is 0.293 e. The Morgan fingerprint density at radius 3 is 2.47 bits per heavy atom. The van der Waals surface area contributed by atoms with Gasteiger partial charge in [0.1, 0.15) is 0 Å². The molecule has 2 saturated heterocycles. The van der Waals surface area contributed by atoms with Gasteiger partial charge < -0.3 is 14.4 Å². The Labute approximate surface area is 183 Å². The van der Waals surface area contributed by atoms with Gasteiger partial charge in [0.2, 0.25) is 6.79 Å². The van der Waals surface area contributed by atoms with Crippen molar-refractivity contribution in [2.45, 2.75) is 19.4 Å². The fraction of sp³-hybridized carbons (Fsp3) is 0.273. The second-order valence-corrected chi connectivity index (χ2v) is 8.75. The maximum absolute atomic E-state index is 12.9. The highest BCUT2D eigenvalue weighted by atomic mass is 35.5. The molecule has 6 nitrogen and oxygen atoms in total. The summed E-state index contributed by atoms with van der Waals surface area (Å²) < 4.78 is 10.7. The lowest BCUT2D eigenvalue weighted by atomic mass is 10.1. The molecule has 0 aliphatic carbocycles. The molecule has 3 aliphatic heterocycles. The quantitative estimate of drug-likeness (QED) is 0.627. The Morgan fingerprint density at radius 1 is 1.03 bits per heavy atom. The van der Waals surface area contributed by atoms with Crippen LogP contribution >= 0.6 is 23.4 Å². The molecule has 2 aromatic rings. The lowest BCUT2D eigenvalue weighted by Gasteiger charge is -2.17. The van der Waals surface area contributed by atoms with Crippen LogP contribution in [0.15, 0.2) is 41.3 Å². The van der Waals surface area contributed by atoms with Crippen molar-refractivity contribution in [3.05, 3.63) is 57.5 Å². The van der Waals surface area contributed by atoms with E-state index in [1.54, 1.807) is 18.2 Å². The van der Waals surface area contributed by atoms with Crippen molar-refractivity contribution >= 4 is 46.3 Å². The van der Waals surface area contributed by atoms with E-state index >= 15 is 0 Å². The number of carbonyl (C=O) groups excluding carboxylic acids is 2. The first kappa shape index (κ1) is 19.3. The fourth-order valence-corrected chi connectivity index (χ4v) is 4.85. The summed E-state index contributed by atoms with van der Waals surface area (Å²) in [5.74, 6) is 0.813. The zero-order chi connectivity index (χ0) is 20.7. The number of benzene rings is 2. The van der Waals surface area contributed by atoms with Crippen LogP contribution in [0.3, 0.4) is 0 Å². The van der Waals surface area contributed by atoms with Gasteiger partial charge in [-0.2, -0.15) is 0 Å². The number of rotatable bonds is 4. The van der Waals surface area contributed by atoms with Crippen LogP contribution in [0.25, 0.3) is 6.08 Å². The van der Waals surface area contributed by atoms with Crippen molar-refractivity contribution in [3.8, 4) is 11.5 Å². The molecule has 0 aromatic heterocycles. The summed E-state index contributed by atoms with van der Waals surface area (Å²) in [7, 11) is 0. The van der Waals surface area contributed by atoms with Crippen LogP contribution in [0.4, 0.5) is 10.5 Å². The number of carbonyl (C=O) groups is 2. The van der Waals surface area contributed by atoms with Gasteiger partial charge in [-0.1, -0.05) is 23.7 Å². The number of thioether (sulfide) groups is 1. The summed E-state index contributed by atoms with van der Waals surface area (Å²) in [4.78, 5) is 29.3. The molecule has 0 radical (unpaired) electrons. The molecule has 0 atom stereocenters. The predicted octanol–water partition coefficient (Wildman–Crippen LogP) is 4.91. The molecule has 3 aliphatic rings. The summed E-state index contributed by atoms with van der Waals surface area (Å²) in [5.41, 5.74) is 2.72. The van der Waals surface area contributed by atoms with Crippen LogP contribution in [-0.4, -0.2) is 35.9 Å². The maximum atomic E-state index is 12.9. The van der Waals surface area contributed by atoms with Crippen molar-refractivity contribution < 1.29 is 19.1 Å². The van der Waals surface area contributed by atoms with Crippen LogP contribution in [0.5, 0.6) is 11.5 Å². The van der Waals surface area contributed by atoms with E-state index in [0.29, 0.717) is 27.0 Å². The van der Waals surface area contributed by atoms with Gasteiger partial charge in [-0.05, 0) is 60.0 Å². The minimum absolute atomic E-state index is 0.0887. The van der Waals surface area contributed by atoms with E-state index in [-0.39, 0.29) is 24.5 Å². The summed E-state index contributed by atoms with van der Waals surface area (Å²) in [6, 6.07) is 11.5. The molecular formula is C22H19ClN2O4S. The standard InChI is InChI=1S/C22H19ClN2O4S/c23-17-11-19-18(28-13-29-19)10-15(17)12-25-21(26)20(30-22(25)27)9-14-3-5-16(6-4-14)24-7-1-2-8-24/h3-6,9-11H,1-2,7-8,12-13H2/b20-9-. The number of halogens is 1. The summed E-state index contributed by atoms with van der Waals surface area (Å²) in [6.45, 7) is 2.39. The monoisotopic (exact) mass is 442 g/mol. The first-order valence-electron chi connectivity index (χ1n) is 9.77. The SMILES string of the molecule is O=C1S/C(=C\c2ccc(N3CCCC3)cc2)C(=O)N1Cc1cc2c(cc1Cl)OCO2. The number of anilines is 1. The number of nitrogens with zero attached hydrogens (tertiary/aromatic N) is 2. The van der Waals surface area contributed by atoms with E-state index in [2.05, 4.69) is 17.0 Å². The number of imide groups is 1. The van der Waals surface area contributed by atoms with Gasteiger partial charge in [0.15, 0.2) is 11.5 Å². The number of fused-ring (bicyclic) bond motifs is 1. The zero-order valence-corrected chi connectivity index (χ0v) is 17.7. The fourth-order valence-electron chi connectivity index (χ4n) is 3.80. The topological polar surface area (TPSA) is 59.1 Å². The van der Waals surface area contributed by atoms with Crippen LogP contribution in [0.1, 0.15) is 24.0 Å². The summed E-state index contributed by atoms with van der Waals surface area (Å²) >= 11 is 7.25. The molecule has 2 fully saturated rings. The van der Waals surface area contributed by atoms with Crippen molar-refractivity contribution in [1.82, 2.24) is 4.90 Å². The van der Waals surface area contributed by atoms with Gasteiger partial charge in [0.05, 0.1) is 11.4 Å². The van der Waals surface area contributed by atoms with Crippen molar-refractivity contribution in [2.24, 2.45) is 0 Å². The van der Waals surface area contributed by atoms with E-state index in [0.717, 1.165) is 30.4 Å². The van der Waals surface area contributed by atoms with Gasteiger partial charge >= 0.3 is 0 Å². The third kappa shape index (κ3) is 3.63. The highest BCUT2D eigenvalue weighted by Crippen LogP contribution is 2.39. The Balaban J connectivity index is 1.33. The number of ether oxygens (including phenoxy) is 2. The van der Waals surface area contributed by atoms with E-state index < -0.39 is 0 Å². The Kier molecular flexibility index (Phi) is 5.08. The van der Waals surface area contributed by atoms with Crippen LogP contribution in [0, 0.1) is 0 Å². The van der Waals surface area contributed by atoms with Gasteiger partial charge in [-0.25, -0.2) is 0 Å². The Morgan fingerprint density at radius 2 is 1.73 bits per heavy atom. The lowest BCUT2D eigenvalue weighted by Crippen LogP contribution is -2.27. The average Bonchev–Trinajstić information content (AvgIpc) is 3.47. The molecule has 0 N–H and O–H groups in total. The highest BCUT2D eigenvalue weighted by molar-refractivity contribution is 8.18. The molecule has 30 heavy (non-hydrogen) atoms. The Bertz CT molecular complexity index is 1050. The number of hydrogen-bond acceptors (Lipinski definition) is 6. The molecule has 2 amide bonds. The van der Waals surface area contributed by atoms with Crippen molar-refractivity contribution in [2.75, 3.05) is 24.8 Å². The van der Waals surface area contributed by atoms with E-state index in [1.807, 2.05) is 12.1 Å². The van der Waals surface area contributed by atoms with Gasteiger partial charge in [-0.3, -0.25) is 14.5 Å². The molecule has 3 heterocycles. The van der Waals surface area contributed by atoms with Crippen LogP contribution in [-0.2, 0) is 11.3 Å². The summed E-state index contributed by atoms with van der Waals surface area (Å²) in [5, 5.41) is 0.119. The number of hydrogen-bond donors (Lipinski definition) is 0. The predicted molar refractivity (Wildman–Crippen MR) is 117 cm³/mol. The largest absolute Gasteiger partial charge is 0.454 e. The lowest BCUT2D eigenvalue weighted by molar-refractivity contribution is -0.123.